The molecule has 0 unspecified atom stereocenters. The SMILES string of the molecule is O=C(NCCc1nccs1)c1ccccc1OCc1ccccc1Br. The zero-order valence-electron chi connectivity index (χ0n) is 13.4. The van der Waals surface area contributed by atoms with E-state index in [9.17, 15) is 4.79 Å². The number of rotatable bonds is 7. The van der Waals surface area contributed by atoms with E-state index < -0.39 is 0 Å². The molecule has 0 atom stereocenters. The fourth-order valence-electron chi connectivity index (χ4n) is 2.31. The lowest BCUT2D eigenvalue weighted by atomic mass is 10.2. The Hall–Kier alpha value is -2.18. The van der Waals surface area contributed by atoms with Gasteiger partial charge >= 0.3 is 0 Å². The maximum atomic E-state index is 12.5. The number of halogens is 1. The van der Waals surface area contributed by atoms with Gasteiger partial charge in [-0.05, 0) is 18.2 Å². The summed E-state index contributed by atoms with van der Waals surface area (Å²) >= 11 is 5.10. The molecule has 1 heterocycles. The number of hydrogen-bond donors (Lipinski definition) is 1. The summed E-state index contributed by atoms with van der Waals surface area (Å²) in [5, 5.41) is 5.87. The first-order chi connectivity index (χ1) is 12.2. The first-order valence-corrected chi connectivity index (χ1v) is 9.53. The molecule has 3 rings (SSSR count). The third kappa shape index (κ3) is 4.90. The lowest BCUT2D eigenvalue weighted by Gasteiger charge is -2.12. The van der Waals surface area contributed by atoms with Crippen LogP contribution in [-0.4, -0.2) is 17.4 Å². The van der Waals surface area contributed by atoms with E-state index in [0.717, 1.165) is 21.5 Å². The summed E-state index contributed by atoms with van der Waals surface area (Å²) in [5.41, 5.74) is 1.56. The molecule has 0 fully saturated rings. The van der Waals surface area contributed by atoms with Crippen LogP contribution in [0.4, 0.5) is 0 Å². The van der Waals surface area contributed by atoms with Crippen LogP contribution in [0.15, 0.2) is 64.6 Å². The van der Waals surface area contributed by atoms with Gasteiger partial charge in [-0.25, -0.2) is 4.98 Å². The van der Waals surface area contributed by atoms with Crippen LogP contribution < -0.4 is 10.1 Å². The average molecular weight is 417 g/mol. The van der Waals surface area contributed by atoms with Crippen LogP contribution in [-0.2, 0) is 13.0 Å². The second-order valence-electron chi connectivity index (χ2n) is 5.31. The molecule has 0 aliphatic carbocycles. The molecule has 25 heavy (non-hydrogen) atoms. The largest absolute Gasteiger partial charge is 0.488 e. The molecule has 1 aromatic heterocycles. The monoisotopic (exact) mass is 416 g/mol. The van der Waals surface area contributed by atoms with Gasteiger partial charge in [0.2, 0.25) is 0 Å². The standard InChI is InChI=1S/C19H17BrN2O2S/c20-16-7-3-1-5-14(16)13-24-17-8-4-2-6-15(17)19(23)22-10-9-18-21-11-12-25-18/h1-8,11-12H,9-10,13H2,(H,22,23). The van der Waals surface area contributed by atoms with Crippen molar-refractivity contribution in [1.29, 1.82) is 0 Å². The van der Waals surface area contributed by atoms with Crippen LogP contribution in [0.3, 0.4) is 0 Å². The first-order valence-electron chi connectivity index (χ1n) is 7.86. The minimum atomic E-state index is -0.140. The van der Waals surface area contributed by atoms with Crippen molar-refractivity contribution < 1.29 is 9.53 Å². The van der Waals surface area contributed by atoms with Crippen molar-refractivity contribution in [1.82, 2.24) is 10.3 Å². The van der Waals surface area contributed by atoms with Crippen LogP contribution in [0.2, 0.25) is 0 Å². The van der Waals surface area contributed by atoms with E-state index in [1.807, 2.05) is 47.8 Å². The average Bonchev–Trinajstić information content (AvgIpc) is 3.15. The molecule has 1 amide bonds. The van der Waals surface area contributed by atoms with Gasteiger partial charge in [0.15, 0.2) is 0 Å². The lowest BCUT2D eigenvalue weighted by molar-refractivity contribution is 0.0949. The van der Waals surface area contributed by atoms with Crippen molar-refractivity contribution in [2.45, 2.75) is 13.0 Å². The second kappa shape index (κ2) is 8.78. The van der Waals surface area contributed by atoms with Crippen molar-refractivity contribution in [3.63, 3.8) is 0 Å². The van der Waals surface area contributed by atoms with Crippen molar-refractivity contribution in [3.05, 3.63) is 80.7 Å². The van der Waals surface area contributed by atoms with Gasteiger partial charge in [0.1, 0.15) is 12.4 Å². The summed E-state index contributed by atoms with van der Waals surface area (Å²) in [7, 11) is 0. The molecular weight excluding hydrogens is 400 g/mol. The summed E-state index contributed by atoms with van der Waals surface area (Å²) in [6.07, 6.45) is 2.50. The van der Waals surface area contributed by atoms with Gasteiger partial charge in [0.05, 0.1) is 10.6 Å². The maximum Gasteiger partial charge on any atom is 0.255 e. The number of carbonyl (C=O) groups is 1. The summed E-state index contributed by atoms with van der Waals surface area (Å²) in [5.74, 6) is 0.435. The summed E-state index contributed by atoms with van der Waals surface area (Å²) < 4.78 is 6.86. The van der Waals surface area contributed by atoms with E-state index in [-0.39, 0.29) is 5.91 Å². The van der Waals surface area contributed by atoms with Crippen LogP contribution >= 0.6 is 27.3 Å². The smallest absolute Gasteiger partial charge is 0.255 e. The zero-order chi connectivity index (χ0) is 17.5. The number of ether oxygens (including phenoxy) is 1. The van der Waals surface area contributed by atoms with Gasteiger partial charge in [0, 0.05) is 34.6 Å². The van der Waals surface area contributed by atoms with E-state index in [0.29, 0.717) is 24.5 Å². The Morgan fingerprint density at radius 2 is 1.96 bits per heavy atom. The Bertz CT molecular complexity index is 837. The van der Waals surface area contributed by atoms with Crippen LogP contribution in [0.25, 0.3) is 0 Å². The number of para-hydroxylation sites is 1. The van der Waals surface area contributed by atoms with Gasteiger partial charge in [-0.15, -0.1) is 11.3 Å². The number of aromatic nitrogens is 1. The number of carbonyl (C=O) groups excluding carboxylic acids is 1. The Kier molecular flexibility index (Phi) is 6.19. The summed E-state index contributed by atoms with van der Waals surface area (Å²) in [6, 6.07) is 15.2. The molecule has 0 bridgehead atoms. The molecule has 128 valence electrons. The molecule has 4 nitrogen and oxygen atoms in total. The number of hydrogen-bond acceptors (Lipinski definition) is 4. The molecule has 3 aromatic rings. The van der Waals surface area contributed by atoms with Crippen molar-refractivity contribution in [3.8, 4) is 5.75 Å². The van der Waals surface area contributed by atoms with Crippen molar-refractivity contribution in [2.75, 3.05) is 6.54 Å². The van der Waals surface area contributed by atoms with Gasteiger partial charge in [-0.2, -0.15) is 0 Å². The van der Waals surface area contributed by atoms with Gasteiger partial charge in [-0.1, -0.05) is 46.3 Å². The molecule has 0 radical (unpaired) electrons. The van der Waals surface area contributed by atoms with Crippen LogP contribution in [0, 0.1) is 0 Å². The molecular formula is C19H17BrN2O2S. The highest BCUT2D eigenvalue weighted by atomic mass is 79.9. The molecule has 0 spiro atoms. The highest BCUT2D eigenvalue weighted by Gasteiger charge is 2.12. The number of thiazole rings is 1. The maximum absolute atomic E-state index is 12.5. The van der Waals surface area contributed by atoms with Crippen LogP contribution in [0.1, 0.15) is 20.9 Å². The highest BCUT2D eigenvalue weighted by molar-refractivity contribution is 9.10. The topological polar surface area (TPSA) is 51.2 Å². The molecule has 0 saturated carbocycles. The molecule has 6 heteroatoms. The minimum Gasteiger partial charge on any atom is -0.488 e. The van der Waals surface area contributed by atoms with Gasteiger partial charge in [0.25, 0.3) is 5.91 Å². The fourth-order valence-corrected chi connectivity index (χ4v) is 3.33. The Balaban J connectivity index is 1.61. The predicted octanol–water partition coefficient (Wildman–Crippen LogP) is 4.46. The van der Waals surface area contributed by atoms with Crippen molar-refractivity contribution >= 4 is 33.2 Å². The van der Waals surface area contributed by atoms with Crippen molar-refractivity contribution in [2.24, 2.45) is 0 Å². The normalized spacial score (nSPS) is 10.4. The Labute approximate surface area is 159 Å². The predicted molar refractivity (Wildman–Crippen MR) is 103 cm³/mol. The van der Waals surface area contributed by atoms with Gasteiger partial charge in [-0.3, -0.25) is 4.79 Å². The highest BCUT2D eigenvalue weighted by Crippen LogP contribution is 2.22. The third-order valence-corrected chi connectivity index (χ3v) is 5.19. The van der Waals surface area contributed by atoms with E-state index in [1.54, 1.807) is 23.6 Å². The number of benzene rings is 2. The Morgan fingerprint density at radius 1 is 1.16 bits per heavy atom. The van der Waals surface area contributed by atoms with Crippen LogP contribution in [0.5, 0.6) is 5.75 Å². The first kappa shape index (κ1) is 17.6. The molecule has 1 N–H and O–H groups in total. The van der Waals surface area contributed by atoms with E-state index in [1.165, 1.54) is 0 Å². The number of nitrogens with one attached hydrogen (secondary N) is 1. The van der Waals surface area contributed by atoms with E-state index in [2.05, 4.69) is 26.2 Å². The fraction of sp³-hybridized carbons (Fsp3) is 0.158. The molecule has 0 saturated heterocycles. The van der Waals surface area contributed by atoms with E-state index in [4.69, 9.17) is 4.74 Å². The molecule has 0 aliphatic heterocycles. The lowest BCUT2D eigenvalue weighted by Crippen LogP contribution is -2.26. The number of amides is 1. The Morgan fingerprint density at radius 3 is 2.76 bits per heavy atom. The number of nitrogens with zero attached hydrogens (tertiary/aromatic N) is 1. The quantitative estimate of drug-likeness (QED) is 0.618. The molecule has 2 aromatic carbocycles. The second-order valence-corrected chi connectivity index (χ2v) is 7.14. The van der Waals surface area contributed by atoms with E-state index >= 15 is 0 Å². The summed E-state index contributed by atoms with van der Waals surface area (Å²) in [6.45, 7) is 0.940. The third-order valence-electron chi connectivity index (χ3n) is 3.58. The van der Waals surface area contributed by atoms with Gasteiger partial charge < -0.3 is 10.1 Å². The molecule has 0 aliphatic rings. The zero-order valence-corrected chi connectivity index (χ0v) is 15.8. The minimum absolute atomic E-state index is 0.140. The summed E-state index contributed by atoms with van der Waals surface area (Å²) in [4.78, 5) is 16.7.